The van der Waals surface area contributed by atoms with Crippen LogP contribution in [0.2, 0.25) is 10.2 Å². The second-order valence-electron chi connectivity index (χ2n) is 2.57. The van der Waals surface area contributed by atoms with E-state index in [9.17, 15) is 0 Å². The van der Waals surface area contributed by atoms with Crippen molar-refractivity contribution in [3.63, 3.8) is 0 Å². The van der Waals surface area contributed by atoms with E-state index in [0.717, 1.165) is 0 Å². The summed E-state index contributed by atoms with van der Waals surface area (Å²) in [5.41, 5.74) is 0. The van der Waals surface area contributed by atoms with Gasteiger partial charge in [0.15, 0.2) is 0 Å². The molecule has 1 N–H and O–H groups in total. The zero-order chi connectivity index (χ0) is 9.97. The highest BCUT2D eigenvalue weighted by molar-refractivity contribution is 6.32. The van der Waals surface area contributed by atoms with Gasteiger partial charge in [0.1, 0.15) is 10.9 Å². The Morgan fingerprint density at radius 2 is 2.00 bits per heavy atom. The fraction of sp³-hybridized carbons (Fsp3) is 0. The molecule has 0 fully saturated rings. The first-order chi connectivity index (χ1) is 6.75. The minimum atomic E-state index is 0.322. The van der Waals surface area contributed by atoms with Crippen LogP contribution in [0.25, 0.3) is 0 Å². The summed E-state index contributed by atoms with van der Waals surface area (Å²) in [6.07, 6.45) is 1.47. The third-order valence-corrected chi connectivity index (χ3v) is 2.07. The normalized spacial score (nSPS) is 10.1. The number of hydrogen-bond acceptors (Lipinski definition) is 2. The van der Waals surface area contributed by atoms with Gasteiger partial charge in [-0.2, -0.15) is 0 Å². The second-order valence-corrected chi connectivity index (χ2v) is 3.38. The Balaban J connectivity index is 2.23. The van der Waals surface area contributed by atoms with Gasteiger partial charge in [-0.25, -0.2) is 4.98 Å². The number of nitrogens with one attached hydrogen (secondary N) is 1. The summed E-state index contributed by atoms with van der Waals surface area (Å²) in [6, 6.07) is 7.46. The summed E-state index contributed by atoms with van der Waals surface area (Å²) in [6.45, 7) is 0. The number of H-pyrrole nitrogens is 1. The number of halogens is 2. The highest BCUT2D eigenvalue weighted by atomic mass is 35.5. The third kappa shape index (κ3) is 2.00. The van der Waals surface area contributed by atoms with Crippen LogP contribution >= 0.6 is 23.2 Å². The first kappa shape index (κ1) is 9.37. The molecule has 0 unspecified atom stereocenters. The number of aromatic amines is 1. The average molecular weight is 229 g/mol. The molecule has 0 aliphatic carbocycles. The maximum absolute atomic E-state index is 5.88. The lowest BCUT2D eigenvalue weighted by molar-refractivity contribution is 0.448. The third-order valence-electron chi connectivity index (χ3n) is 1.56. The van der Waals surface area contributed by atoms with Crippen LogP contribution in [-0.2, 0) is 0 Å². The minimum Gasteiger partial charge on any atom is -0.424 e. The number of benzene rings is 1. The van der Waals surface area contributed by atoms with E-state index in [-0.39, 0.29) is 0 Å². The summed E-state index contributed by atoms with van der Waals surface area (Å²) in [5, 5.41) is 0.951. The molecule has 14 heavy (non-hydrogen) atoms. The zero-order valence-corrected chi connectivity index (χ0v) is 8.51. The molecule has 0 radical (unpaired) electrons. The highest BCUT2D eigenvalue weighted by Crippen LogP contribution is 2.27. The lowest BCUT2D eigenvalue weighted by Gasteiger charge is -2.02. The number of imidazole rings is 1. The van der Waals surface area contributed by atoms with Gasteiger partial charge in [-0.3, -0.25) is 4.98 Å². The van der Waals surface area contributed by atoms with Gasteiger partial charge in [-0.1, -0.05) is 35.3 Å². The van der Waals surface area contributed by atoms with Crippen LogP contribution in [0.1, 0.15) is 0 Å². The monoisotopic (exact) mass is 228 g/mol. The molecule has 0 amide bonds. The van der Waals surface area contributed by atoms with E-state index in [0.29, 0.717) is 21.9 Å². The Morgan fingerprint density at radius 3 is 2.64 bits per heavy atom. The van der Waals surface area contributed by atoms with Crippen molar-refractivity contribution in [2.24, 2.45) is 0 Å². The fourth-order valence-electron chi connectivity index (χ4n) is 0.966. The Bertz CT molecular complexity index is 442. The SMILES string of the molecule is Clc1cnc(Oc2ccccc2Cl)[nH]1. The number of nitrogens with zero attached hydrogens (tertiary/aromatic N) is 1. The van der Waals surface area contributed by atoms with Gasteiger partial charge in [0.25, 0.3) is 6.01 Å². The summed E-state index contributed by atoms with van der Waals surface area (Å²) in [7, 11) is 0. The van der Waals surface area contributed by atoms with Crippen LogP contribution in [0.5, 0.6) is 11.8 Å². The average Bonchev–Trinajstić information content (AvgIpc) is 2.56. The maximum atomic E-state index is 5.88. The van der Waals surface area contributed by atoms with Crippen LogP contribution < -0.4 is 4.74 Å². The minimum absolute atomic E-state index is 0.322. The van der Waals surface area contributed by atoms with Crippen LogP contribution in [0.4, 0.5) is 0 Å². The lowest BCUT2D eigenvalue weighted by Crippen LogP contribution is -1.86. The van der Waals surface area contributed by atoms with Crippen molar-refractivity contribution in [2.45, 2.75) is 0 Å². The van der Waals surface area contributed by atoms with Gasteiger partial charge in [-0.05, 0) is 12.1 Å². The molecular weight excluding hydrogens is 223 g/mol. The summed E-state index contributed by atoms with van der Waals surface area (Å²) in [4.78, 5) is 6.61. The lowest BCUT2D eigenvalue weighted by atomic mass is 10.3. The maximum Gasteiger partial charge on any atom is 0.300 e. The van der Waals surface area contributed by atoms with Crippen molar-refractivity contribution in [1.29, 1.82) is 0 Å². The molecular formula is C9H6Cl2N2O. The van der Waals surface area contributed by atoms with Gasteiger partial charge in [-0.15, -0.1) is 0 Å². The molecule has 0 saturated carbocycles. The molecule has 1 aromatic carbocycles. The van der Waals surface area contributed by atoms with Crippen molar-refractivity contribution in [3.05, 3.63) is 40.6 Å². The summed E-state index contributed by atoms with van der Waals surface area (Å²) in [5.74, 6) is 0.542. The van der Waals surface area contributed by atoms with E-state index in [1.54, 1.807) is 12.1 Å². The molecule has 0 spiro atoms. The van der Waals surface area contributed by atoms with E-state index in [2.05, 4.69) is 9.97 Å². The zero-order valence-electron chi connectivity index (χ0n) is 7.00. The molecule has 0 atom stereocenters. The van der Waals surface area contributed by atoms with Crippen molar-refractivity contribution in [1.82, 2.24) is 9.97 Å². The van der Waals surface area contributed by atoms with Crippen LogP contribution in [0, 0.1) is 0 Å². The number of para-hydroxylation sites is 1. The number of aromatic nitrogens is 2. The molecule has 72 valence electrons. The Morgan fingerprint density at radius 1 is 1.21 bits per heavy atom. The number of hydrogen-bond donors (Lipinski definition) is 1. The molecule has 0 saturated heterocycles. The Labute approximate surface area is 90.6 Å². The van der Waals surface area contributed by atoms with Gasteiger partial charge < -0.3 is 4.74 Å². The molecule has 1 aromatic heterocycles. The number of rotatable bonds is 2. The van der Waals surface area contributed by atoms with Crippen LogP contribution in [0.3, 0.4) is 0 Å². The quantitative estimate of drug-likeness (QED) is 0.855. The van der Waals surface area contributed by atoms with Crippen LogP contribution in [-0.4, -0.2) is 9.97 Å². The van der Waals surface area contributed by atoms with Gasteiger partial charge >= 0.3 is 0 Å². The predicted octanol–water partition coefficient (Wildman–Crippen LogP) is 3.51. The predicted molar refractivity (Wildman–Crippen MR) is 55.1 cm³/mol. The summed E-state index contributed by atoms with van der Waals surface area (Å²) < 4.78 is 5.35. The van der Waals surface area contributed by atoms with E-state index >= 15 is 0 Å². The largest absolute Gasteiger partial charge is 0.424 e. The van der Waals surface area contributed by atoms with Crippen molar-refractivity contribution >= 4 is 23.2 Å². The van der Waals surface area contributed by atoms with E-state index in [4.69, 9.17) is 27.9 Å². The molecule has 2 rings (SSSR count). The highest BCUT2D eigenvalue weighted by Gasteiger charge is 2.04. The van der Waals surface area contributed by atoms with E-state index in [1.807, 2.05) is 12.1 Å². The first-order valence-corrected chi connectivity index (χ1v) is 4.64. The molecule has 3 nitrogen and oxygen atoms in total. The molecule has 1 heterocycles. The molecule has 0 aliphatic rings. The smallest absolute Gasteiger partial charge is 0.300 e. The van der Waals surface area contributed by atoms with Crippen molar-refractivity contribution in [2.75, 3.05) is 0 Å². The van der Waals surface area contributed by atoms with Gasteiger partial charge in [0.2, 0.25) is 0 Å². The Kier molecular flexibility index (Phi) is 2.61. The van der Waals surface area contributed by atoms with E-state index in [1.165, 1.54) is 6.20 Å². The molecule has 5 heteroatoms. The van der Waals surface area contributed by atoms with E-state index < -0.39 is 0 Å². The Hall–Kier alpha value is -1.19. The standard InChI is InChI=1S/C9H6Cl2N2O/c10-6-3-1-2-4-7(6)14-9-12-5-8(11)13-9/h1-5H,(H,12,13). The fourth-order valence-corrected chi connectivity index (χ4v) is 1.27. The molecule has 0 aliphatic heterocycles. The van der Waals surface area contributed by atoms with Crippen molar-refractivity contribution < 1.29 is 4.74 Å². The van der Waals surface area contributed by atoms with Crippen LogP contribution in [0.15, 0.2) is 30.5 Å². The second kappa shape index (κ2) is 3.90. The first-order valence-electron chi connectivity index (χ1n) is 3.88. The molecule has 2 aromatic rings. The topological polar surface area (TPSA) is 37.9 Å². The van der Waals surface area contributed by atoms with Gasteiger partial charge in [0, 0.05) is 0 Å². The van der Waals surface area contributed by atoms with Crippen molar-refractivity contribution in [3.8, 4) is 11.8 Å². The van der Waals surface area contributed by atoms with Gasteiger partial charge in [0.05, 0.1) is 11.2 Å². The number of ether oxygens (including phenoxy) is 1. The molecule has 0 bridgehead atoms. The summed E-state index contributed by atoms with van der Waals surface area (Å²) >= 11 is 11.5.